The second kappa shape index (κ2) is 7.74. The van der Waals surface area contributed by atoms with E-state index in [0.717, 1.165) is 22.9 Å². The zero-order chi connectivity index (χ0) is 16.1. The molecule has 1 amide bonds. The van der Waals surface area contributed by atoms with Crippen LogP contribution in [-0.2, 0) is 14.3 Å². The molecule has 0 bridgehead atoms. The monoisotopic (exact) mass is 368 g/mol. The number of hydrogen-bond donors (Lipinski definition) is 2. The largest absolute Gasteiger partial charge is 0.469 e. The summed E-state index contributed by atoms with van der Waals surface area (Å²) in [7, 11) is 1.35. The average Bonchev–Trinajstić information content (AvgIpc) is 2.94. The summed E-state index contributed by atoms with van der Waals surface area (Å²) in [6, 6.07) is 7.26. The van der Waals surface area contributed by atoms with Gasteiger partial charge >= 0.3 is 5.97 Å². The molecule has 2 rings (SSSR count). The van der Waals surface area contributed by atoms with Crippen LogP contribution in [-0.4, -0.2) is 25.0 Å². The summed E-state index contributed by atoms with van der Waals surface area (Å²) >= 11 is 3.38. The van der Waals surface area contributed by atoms with Crippen molar-refractivity contribution in [1.82, 2.24) is 5.32 Å². The third kappa shape index (κ3) is 4.55. The van der Waals surface area contributed by atoms with Gasteiger partial charge in [0.2, 0.25) is 5.91 Å². The highest BCUT2D eigenvalue weighted by Crippen LogP contribution is 2.26. The fraction of sp³-hybridized carbons (Fsp3) is 0.500. The third-order valence-electron chi connectivity index (χ3n) is 4.03. The molecule has 0 aromatic heterocycles. The highest BCUT2D eigenvalue weighted by atomic mass is 79.9. The first-order valence-corrected chi connectivity index (χ1v) is 8.17. The summed E-state index contributed by atoms with van der Waals surface area (Å²) in [5.41, 5.74) is 6.74. The van der Waals surface area contributed by atoms with Gasteiger partial charge < -0.3 is 15.8 Å². The lowest BCUT2D eigenvalue weighted by molar-refractivity contribution is -0.141. The summed E-state index contributed by atoms with van der Waals surface area (Å²) in [6.07, 6.45) is 2.50. The zero-order valence-corrected chi connectivity index (χ0v) is 14.1. The number of hydrogen-bond acceptors (Lipinski definition) is 4. The number of nitrogens with one attached hydrogen (secondary N) is 1. The number of nitrogens with two attached hydrogens (primary N) is 1. The Bertz CT molecular complexity index is 533. The van der Waals surface area contributed by atoms with E-state index in [2.05, 4.69) is 21.2 Å². The molecule has 6 heteroatoms. The van der Waals surface area contributed by atoms with Crippen LogP contribution in [0.1, 0.15) is 37.3 Å². The van der Waals surface area contributed by atoms with E-state index in [1.807, 2.05) is 24.3 Å². The van der Waals surface area contributed by atoms with Gasteiger partial charge in [0.05, 0.1) is 19.6 Å². The van der Waals surface area contributed by atoms with Crippen molar-refractivity contribution in [2.45, 2.75) is 37.8 Å². The van der Waals surface area contributed by atoms with Gasteiger partial charge in [0.1, 0.15) is 0 Å². The number of amides is 1. The molecule has 3 N–H and O–H groups in total. The Balaban J connectivity index is 2.08. The molecule has 1 aromatic rings. The Kier molecular flexibility index (Phi) is 5.97. The molecule has 1 aliphatic carbocycles. The molecule has 1 aliphatic rings. The maximum Gasteiger partial charge on any atom is 0.307 e. The normalized spacial score (nSPS) is 22.1. The first kappa shape index (κ1) is 17.0. The smallest absolute Gasteiger partial charge is 0.307 e. The summed E-state index contributed by atoms with van der Waals surface area (Å²) in [6.45, 7) is 0. The van der Waals surface area contributed by atoms with Gasteiger partial charge in [-0.2, -0.15) is 0 Å². The minimum Gasteiger partial charge on any atom is -0.469 e. The fourth-order valence-electron chi connectivity index (χ4n) is 2.74. The standard InChI is InChI=1S/C16H21BrN2O3/c1-22-15(20)9-14(10-2-5-12(17)6-3-10)19-16(21)11-4-7-13(18)8-11/h2-3,5-6,11,13-14H,4,7-9,18H2,1H3,(H,19,21). The van der Waals surface area contributed by atoms with Crippen molar-refractivity contribution in [3.8, 4) is 0 Å². The van der Waals surface area contributed by atoms with Crippen LogP contribution < -0.4 is 11.1 Å². The molecule has 3 atom stereocenters. The Morgan fingerprint density at radius 2 is 2.05 bits per heavy atom. The van der Waals surface area contributed by atoms with E-state index in [9.17, 15) is 9.59 Å². The number of carbonyl (C=O) groups is 2. The van der Waals surface area contributed by atoms with Crippen LogP contribution in [0.5, 0.6) is 0 Å². The van der Waals surface area contributed by atoms with Crippen LogP contribution in [0.2, 0.25) is 0 Å². The Morgan fingerprint density at radius 3 is 2.59 bits per heavy atom. The fourth-order valence-corrected chi connectivity index (χ4v) is 3.01. The molecule has 1 aromatic carbocycles. The number of carbonyl (C=O) groups excluding carboxylic acids is 2. The van der Waals surface area contributed by atoms with E-state index >= 15 is 0 Å². The number of esters is 1. The minimum absolute atomic E-state index is 0.0372. The average molecular weight is 369 g/mol. The van der Waals surface area contributed by atoms with Crippen LogP contribution >= 0.6 is 15.9 Å². The molecule has 0 aliphatic heterocycles. The maximum atomic E-state index is 12.4. The van der Waals surface area contributed by atoms with Crippen molar-refractivity contribution in [1.29, 1.82) is 0 Å². The summed E-state index contributed by atoms with van der Waals surface area (Å²) in [4.78, 5) is 24.0. The lowest BCUT2D eigenvalue weighted by Gasteiger charge is -2.20. The van der Waals surface area contributed by atoms with Crippen LogP contribution in [0.25, 0.3) is 0 Å². The molecule has 1 saturated carbocycles. The predicted octanol–water partition coefficient (Wildman–Crippen LogP) is 2.30. The van der Waals surface area contributed by atoms with Crippen molar-refractivity contribution in [2.75, 3.05) is 7.11 Å². The molecule has 1 fully saturated rings. The molecular formula is C16H21BrN2O3. The van der Waals surface area contributed by atoms with E-state index < -0.39 is 0 Å². The van der Waals surface area contributed by atoms with E-state index in [4.69, 9.17) is 10.5 Å². The third-order valence-corrected chi connectivity index (χ3v) is 4.56. The van der Waals surface area contributed by atoms with E-state index in [0.29, 0.717) is 6.42 Å². The van der Waals surface area contributed by atoms with Crippen LogP contribution in [0.4, 0.5) is 0 Å². The molecular weight excluding hydrogens is 348 g/mol. The number of halogens is 1. The molecule has 5 nitrogen and oxygen atoms in total. The lowest BCUT2D eigenvalue weighted by Crippen LogP contribution is -2.35. The number of rotatable bonds is 5. The molecule has 3 unspecified atom stereocenters. The van der Waals surface area contributed by atoms with Crippen LogP contribution in [0.15, 0.2) is 28.7 Å². The second-order valence-electron chi connectivity index (χ2n) is 5.66. The summed E-state index contributed by atoms with van der Waals surface area (Å²) < 4.78 is 5.68. The highest BCUT2D eigenvalue weighted by Gasteiger charge is 2.30. The first-order valence-electron chi connectivity index (χ1n) is 7.38. The highest BCUT2D eigenvalue weighted by molar-refractivity contribution is 9.10. The Labute approximate surface area is 138 Å². The number of benzene rings is 1. The van der Waals surface area contributed by atoms with Gasteiger partial charge in [-0.1, -0.05) is 28.1 Å². The molecule has 0 heterocycles. The number of ether oxygens (including phenoxy) is 1. The molecule has 22 heavy (non-hydrogen) atoms. The van der Waals surface area contributed by atoms with E-state index in [1.54, 1.807) is 0 Å². The van der Waals surface area contributed by atoms with Gasteiger partial charge in [-0.25, -0.2) is 0 Å². The zero-order valence-electron chi connectivity index (χ0n) is 12.5. The maximum absolute atomic E-state index is 12.4. The quantitative estimate of drug-likeness (QED) is 0.781. The van der Waals surface area contributed by atoms with Crippen molar-refractivity contribution in [3.05, 3.63) is 34.3 Å². The van der Waals surface area contributed by atoms with E-state index in [-0.39, 0.29) is 36.3 Å². The van der Waals surface area contributed by atoms with Crippen molar-refractivity contribution in [2.24, 2.45) is 11.7 Å². The van der Waals surface area contributed by atoms with Crippen molar-refractivity contribution >= 4 is 27.8 Å². The van der Waals surface area contributed by atoms with Gasteiger partial charge in [-0.15, -0.1) is 0 Å². The Hall–Kier alpha value is -1.40. The molecule has 0 radical (unpaired) electrons. The summed E-state index contributed by atoms with van der Waals surface area (Å²) in [5, 5.41) is 2.97. The van der Waals surface area contributed by atoms with Gasteiger partial charge in [-0.3, -0.25) is 9.59 Å². The SMILES string of the molecule is COC(=O)CC(NC(=O)C1CCC(N)C1)c1ccc(Br)cc1. The molecule has 120 valence electrons. The first-order chi connectivity index (χ1) is 10.5. The second-order valence-corrected chi connectivity index (χ2v) is 6.58. The van der Waals surface area contributed by atoms with Crippen LogP contribution in [0.3, 0.4) is 0 Å². The number of methoxy groups -OCH3 is 1. The van der Waals surface area contributed by atoms with Crippen molar-refractivity contribution < 1.29 is 14.3 Å². The van der Waals surface area contributed by atoms with Gasteiger partial charge in [0.25, 0.3) is 0 Å². The molecule has 0 spiro atoms. The topological polar surface area (TPSA) is 81.4 Å². The van der Waals surface area contributed by atoms with E-state index in [1.165, 1.54) is 7.11 Å². The van der Waals surface area contributed by atoms with Gasteiger partial charge in [0.15, 0.2) is 0 Å². The van der Waals surface area contributed by atoms with Crippen molar-refractivity contribution in [3.63, 3.8) is 0 Å². The molecule has 0 saturated heterocycles. The summed E-state index contributed by atoms with van der Waals surface area (Å²) in [5.74, 6) is -0.452. The van der Waals surface area contributed by atoms with Gasteiger partial charge in [-0.05, 0) is 37.0 Å². The Morgan fingerprint density at radius 1 is 1.36 bits per heavy atom. The van der Waals surface area contributed by atoms with Gasteiger partial charge in [0, 0.05) is 16.4 Å². The van der Waals surface area contributed by atoms with Crippen LogP contribution in [0, 0.1) is 5.92 Å². The lowest BCUT2D eigenvalue weighted by atomic mass is 10.0. The minimum atomic E-state index is -0.384. The predicted molar refractivity (Wildman–Crippen MR) is 87.0 cm³/mol.